The minimum Gasteiger partial charge on any atom is -0.474 e. The van der Waals surface area contributed by atoms with Crippen LogP contribution in [0.25, 0.3) is 22.2 Å². The number of aromatic amines is 1. The molecule has 0 bridgehead atoms. The highest BCUT2D eigenvalue weighted by Gasteiger charge is 2.34. The minimum atomic E-state index is -4.37. The van der Waals surface area contributed by atoms with E-state index in [1.165, 1.54) is 23.5 Å². The zero-order valence-electron chi connectivity index (χ0n) is 17.8. The number of ether oxygens (including phenoxy) is 2. The number of hydrogen-bond acceptors (Lipinski definition) is 7. The summed E-state index contributed by atoms with van der Waals surface area (Å²) in [5.41, 5.74) is 8.48. The third-order valence-electron chi connectivity index (χ3n) is 5.39. The van der Waals surface area contributed by atoms with E-state index in [0.29, 0.717) is 33.5 Å². The lowest BCUT2D eigenvalue weighted by atomic mass is 10.1. The molecule has 0 spiro atoms. The molecule has 35 heavy (non-hydrogen) atoms. The number of rotatable bonds is 5. The summed E-state index contributed by atoms with van der Waals surface area (Å²) in [7, 11) is 0. The summed E-state index contributed by atoms with van der Waals surface area (Å²) in [6.07, 6.45) is -1.00. The molecule has 0 radical (unpaired) electrons. The molecule has 1 aliphatic rings. The SMILES string of the molecule is N[C@@H](Oc1ccc2[nH]nc(-c3cnc4c(c3)N(CC(F)(F)F)CCO4)c2c1)c1c(Cl)cncc1Cl. The average molecular weight is 525 g/mol. The number of fused-ring (bicyclic) bond motifs is 2. The zero-order valence-corrected chi connectivity index (χ0v) is 19.3. The second kappa shape index (κ2) is 9.06. The monoisotopic (exact) mass is 524 g/mol. The number of pyridine rings is 2. The third kappa shape index (κ3) is 4.79. The van der Waals surface area contributed by atoms with Crippen molar-refractivity contribution in [2.45, 2.75) is 12.4 Å². The molecule has 1 aromatic carbocycles. The van der Waals surface area contributed by atoms with Crippen molar-refractivity contribution < 1.29 is 22.6 Å². The van der Waals surface area contributed by atoms with Gasteiger partial charge >= 0.3 is 6.18 Å². The first kappa shape index (κ1) is 23.5. The van der Waals surface area contributed by atoms with Crippen molar-refractivity contribution in [3.8, 4) is 22.9 Å². The Bertz CT molecular complexity index is 1380. The molecule has 0 amide bonds. The quantitative estimate of drug-likeness (QED) is 0.349. The van der Waals surface area contributed by atoms with Crippen LogP contribution in [0.2, 0.25) is 10.0 Å². The first-order chi connectivity index (χ1) is 16.7. The summed E-state index contributed by atoms with van der Waals surface area (Å²) >= 11 is 12.3. The number of nitrogens with one attached hydrogen (secondary N) is 1. The van der Waals surface area contributed by atoms with E-state index in [1.54, 1.807) is 24.3 Å². The van der Waals surface area contributed by atoms with Gasteiger partial charge in [0.15, 0.2) is 6.23 Å². The van der Waals surface area contributed by atoms with Gasteiger partial charge in [-0.3, -0.25) is 15.8 Å². The van der Waals surface area contributed by atoms with Crippen molar-refractivity contribution >= 4 is 39.8 Å². The number of benzene rings is 1. The van der Waals surface area contributed by atoms with Crippen molar-refractivity contribution in [2.24, 2.45) is 5.73 Å². The van der Waals surface area contributed by atoms with Gasteiger partial charge in [-0.1, -0.05) is 23.2 Å². The van der Waals surface area contributed by atoms with Gasteiger partial charge in [0, 0.05) is 35.1 Å². The van der Waals surface area contributed by atoms with Crippen LogP contribution in [0, 0.1) is 0 Å². The number of nitrogens with zero attached hydrogens (tertiary/aromatic N) is 4. The Morgan fingerprint density at radius 2 is 1.94 bits per heavy atom. The number of halogens is 5. The molecular formula is C22H17Cl2F3N6O2. The highest BCUT2D eigenvalue weighted by Crippen LogP contribution is 2.37. The number of nitrogens with two attached hydrogens (primary N) is 1. The normalized spacial score (nSPS) is 14.5. The van der Waals surface area contributed by atoms with Crippen molar-refractivity contribution in [3.63, 3.8) is 0 Å². The highest BCUT2D eigenvalue weighted by molar-refractivity contribution is 6.35. The topological polar surface area (TPSA) is 102 Å². The lowest BCUT2D eigenvalue weighted by Crippen LogP contribution is -2.40. The van der Waals surface area contributed by atoms with Gasteiger partial charge in [0.1, 0.15) is 30.3 Å². The lowest BCUT2D eigenvalue weighted by molar-refractivity contribution is -0.120. The Hall–Kier alpha value is -3.28. The Labute approximate surface area is 206 Å². The van der Waals surface area contributed by atoms with Gasteiger partial charge in [-0.25, -0.2) is 4.98 Å². The van der Waals surface area contributed by atoms with E-state index in [-0.39, 0.29) is 34.8 Å². The van der Waals surface area contributed by atoms with Gasteiger partial charge < -0.3 is 14.4 Å². The summed E-state index contributed by atoms with van der Waals surface area (Å²) in [5.74, 6) is 0.551. The predicted octanol–water partition coefficient (Wildman–Crippen LogP) is 5.12. The Morgan fingerprint density at radius 3 is 2.69 bits per heavy atom. The van der Waals surface area contributed by atoms with E-state index in [1.807, 2.05) is 0 Å². The van der Waals surface area contributed by atoms with Gasteiger partial charge in [-0.05, 0) is 24.3 Å². The fourth-order valence-corrected chi connectivity index (χ4v) is 4.43. The second-order valence-corrected chi connectivity index (χ2v) is 8.58. The van der Waals surface area contributed by atoms with Crippen LogP contribution in [0.4, 0.5) is 18.9 Å². The van der Waals surface area contributed by atoms with E-state index in [9.17, 15) is 13.2 Å². The smallest absolute Gasteiger partial charge is 0.405 e. The van der Waals surface area contributed by atoms with Crippen LogP contribution in [-0.4, -0.2) is 46.0 Å². The van der Waals surface area contributed by atoms with Gasteiger partial charge in [0.25, 0.3) is 0 Å². The van der Waals surface area contributed by atoms with Crippen LogP contribution in [0.3, 0.4) is 0 Å². The van der Waals surface area contributed by atoms with Crippen molar-refractivity contribution in [1.29, 1.82) is 0 Å². The van der Waals surface area contributed by atoms with Crippen LogP contribution in [0.1, 0.15) is 11.8 Å². The van der Waals surface area contributed by atoms with Crippen molar-refractivity contribution in [2.75, 3.05) is 24.6 Å². The molecule has 0 unspecified atom stereocenters. The maximum atomic E-state index is 13.1. The predicted molar refractivity (Wildman–Crippen MR) is 125 cm³/mol. The number of aromatic nitrogens is 4. The van der Waals surface area contributed by atoms with Gasteiger partial charge in [-0.2, -0.15) is 18.3 Å². The molecule has 1 aliphatic heterocycles. The summed E-state index contributed by atoms with van der Waals surface area (Å²) < 4.78 is 50.5. The Kier molecular flexibility index (Phi) is 6.07. The molecule has 3 N–H and O–H groups in total. The van der Waals surface area contributed by atoms with Gasteiger partial charge in [0.05, 0.1) is 22.1 Å². The number of hydrogen-bond donors (Lipinski definition) is 2. The number of alkyl halides is 3. The summed E-state index contributed by atoms with van der Waals surface area (Å²) in [5, 5.41) is 8.43. The highest BCUT2D eigenvalue weighted by atomic mass is 35.5. The molecule has 8 nitrogen and oxygen atoms in total. The summed E-state index contributed by atoms with van der Waals surface area (Å²) in [6.45, 7) is -0.895. The average Bonchev–Trinajstić information content (AvgIpc) is 3.21. The molecule has 4 heterocycles. The van der Waals surface area contributed by atoms with E-state index < -0.39 is 18.9 Å². The van der Waals surface area contributed by atoms with Crippen LogP contribution in [0.5, 0.6) is 11.6 Å². The molecule has 0 aliphatic carbocycles. The van der Waals surface area contributed by atoms with Crippen LogP contribution in [0.15, 0.2) is 42.9 Å². The summed E-state index contributed by atoms with van der Waals surface area (Å²) in [6, 6.07) is 6.73. The molecule has 182 valence electrons. The maximum absolute atomic E-state index is 13.1. The largest absolute Gasteiger partial charge is 0.474 e. The Balaban J connectivity index is 1.48. The maximum Gasteiger partial charge on any atom is 0.405 e. The molecular weight excluding hydrogens is 508 g/mol. The molecule has 0 saturated heterocycles. The molecule has 13 heteroatoms. The molecule has 3 aromatic heterocycles. The van der Waals surface area contributed by atoms with Crippen LogP contribution >= 0.6 is 23.2 Å². The molecule has 5 rings (SSSR count). The molecule has 0 fully saturated rings. The fraction of sp³-hybridized carbons (Fsp3) is 0.227. The molecule has 0 saturated carbocycles. The Morgan fingerprint density at radius 1 is 1.17 bits per heavy atom. The fourth-order valence-electron chi connectivity index (χ4n) is 3.85. The van der Waals surface area contributed by atoms with Crippen molar-refractivity contribution in [1.82, 2.24) is 20.2 Å². The number of anilines is 1. The van der Waals surface area contributed by atoms with Gasteiger partial charge in [-0.15, -0.1) is 0 Å². The summed E-state index contributed by atoms with van der Waals surface area (Å²) in [4.78, 5) is 9.32. The number of H-pyrrole nitrogens is 1. The van der Waals surface area contributed by atoms with E-state index >= 15 is 0 Å². The first-order valence-electron chi connectivity index (χ1n) is 10.3. The zero-order chi connectivity index (χ0) is 24.7. The lowest BCUT2D eigenvalue weighted by Gasteiger charge is -2.31. The molecule has 4 aromatic rings. The second-order valence-electron chi connectivity index (χ2n) is 7.77. The van der Waals surface area contributed by atoms with Gasteiger partial charge in [0.2, 0.25) is 5.88 Å². The van der Waals surface area contributed by atoms with E-state index in [4.69, 9.17) is 38.4 Å². The standard InChI is InChI=1S/C22H17Cl2F3N6O2/c23-14-8-29-9-15(24)18(14)20(28)35-12-1-2-16-13(6-12)19(32-31-16)11-5-17-21(30-7-11)34-4-3-33(17)10-22(25,26)27/h1-2,5-9,20H,3-4,10,28H2,(H,31,32)/t20-/m0/s1. The molecule has 1 atom stereocenters. The van der Waals surface area contributed by atoms with Crippen LogP contribution in [-0.2, 0) is 0 Å². The first-order valence-corrected chi connectivity index (χ1v) is 11.1. The minimum absolute atomic E-state index is 0.0922. The van der Waals surface area contributed by atoms with Crippen LogP contribution < -0.4 is 20.1 Å². The third-order valence-corrected chi connectivity index (χ3v) is 5.99. The van der Waals surface area contributed by atoms with E-state index in [0.717, 1.165) is 0 Å². The van der Waals surface area contributed by atoms with E-state index in [2.05, 4.69) is 20.2 Å². The van der Waals surface area contributed by atoms with Crippen molar-refractivity contribution in [3.05, 3.63) is 58.5 Å².